The number of nitrogens with one attached hydrogen (secondary N) is 1. The fourth-order valence-electron chi connectivity index (χ4n) is 4.04. The maximum atomic E-state index is 12.9. The molecule has 0 amide bonds. The van der Waals surface area contributed by atoms with Crippen LogP contribution >= 0.6 is 0 Å². The largest absolute Gasteiger partial charge is 0.396 e. The van der Waals surface area contributed by atoms with E-state index in [1.165, 1.54) is 4.31 Å². The quantitative estimate of drug-likeness (QED) is 0.568. The molecule has 1 aliphatic rings. The van der Waals surface area contributed by atoms with Gasteiger partial charge in [-0.3, -0.25) is 0 Å². The van der Waals surface area contributed by atoms with Crippen molar-refractivity contribution < 1.29 is 13.5 Å². The van der Waals surface area contributed by atoms with E-state index >= 15 is 0 Å². The van der Waals surface area contributed by atoms with Crippen molar-refractivity contribution in [1.29, 1.82) is 0 Å². The summed E-state index contributed by atoms with van der Waals surface area (Å²) in [6.45, 7) is 2.96. The van der Waals surface area contributed by atoms with Gasteiger partial charge in [0.2, 0.25) is 10.0 Å². The fourth-order valence-corrected chi connectivity index (χ4v) is 5.70. The van der Waals surface area contributed by atoms with Crippen LogP contribution in [-0.2, 0) is 10.0 Å². The van der Waals surface area contributed by atoms with Crippen LogP contribution in [0, 0.1) is 12.3 Å². The van der Waals surface area contributed by atoms with Gasteiger partial charge in [0.05, 0.1) is 17.5 Å². The highest BCUT2D eigenvalue weighted by Crippen LogP contribution is 2.35. The molecule has 0 aliphatic carbocycles. The van der Waals surface area contributed by atoms with Crippen LogP contribution in [0.15, 0.2) is 89.8 Å². The number of benzene rings is 3. The lowest BCUT2D eigenvalue weighted by Crippen LogP contribution is -2.63. The van der Waals surface area contributed by atoms with Crippen molar-refractivity contribution in [3.05, 3.63) is 102 Å². The standard InChI is InChI=1S/C25H28N2O3S/c1-20-12-14-23(15-13-20)31(29,30)27-17-25(18-27,19-28)16-26-24(21-8-4-2-5-9-21)22-10-6-3-7-11-22/h2-15,24,26,28H,16-19H2,1H3. The summed E-state index contributed by atoms with van der Waals surface area (Å²) in [4.78, 5) is 0.295. The van der Waals surface area contributed by atoms with Crippen molar-refractivity contribution in [2.75, 3.05) is 26.2 Å². The van der Waals surface area contributed by atoms with E-state index in [1.54, 1.807) is 24.3 Å². The Kier molecular flexibility index (Phi) is 6.25. The second-order valence-corrected chi connectivity index (χ2v) is 10.3. The summed E-state index contributed by atoms with van der Waals surface area (Å²) >= 11 is 0. The van der Waals surface area contributed by atoms with Gasteiger partial charge in [0, 0.05) is 25.0 Å². The molecule has 3 aromatic rings. The molecular weight excluding hydrogens is 408 g/mol. The first-order chi connectivity index (χ1) is 14.9. The molecule has 3 aromatic carbocycles. The Bertz CT molecular complexity index is 1060. The van der Waals surface area contributed by atoms with E-state index in [9.17, 15) is 13.5 Å². The molecule has 0 atom stereocenters. The van der Waals surface area contributed by atoms with Crippen molar-refractivity contribution in [1.82, 2.24) is 9.62 Å². The summed E-state index contributed by atoms with van der Waals surface area (Å²) in [7, 11) is -3.55. The van der Waals surface area contributed by atoms with Crippen molar-refractivity contribution >= 4 is 10.0 Å². The van der Waals surface area contributed by atoms with Gasteiger partial charge >= 0.3 is 0 Å². The van der Waals surface area contributed by atoms with Crippen molar-refractivity contribution in [3.63, 3.8) is 0 Å². The van der Waals surface area contributed by atoms with Crippen LogP contribution in [0.4, 0.5) is 0 Å². The summed E-state index contributed by atoms with van der Waals surface area (Å²) in [6, 6.07) is 27.2. The average Bonchev–Trinajstić information content (AvgIpc) is 2.77. The van der Waals surface area contributed by atoms with E-state index in [0.717, 1.165) is 16.7 Å². The lowest BCUT2D eigenvalue weighted by atomic mass is 9.82. The third-order valence-electron chi connectivity index (χ3n) is 5.96. The Balaban J connectivity index is 1.48. The first kappa shape index (κ1) is 21.7. The highest BCUT2D eigenvalue weighted by atomic mass is 32.2. The van der Waals surface area contributed by atoms with Gasteiger partial charge in [0.1, 0.15) is 0 Å². The van der Waals surface area contributed by atoms with E-state index in [2.05, 4.69) is 29.6 Å². The Morgan fingerprint density at radius 3 is 1.90 bits per heavy atom. The SMILES string of the molecule is Cc1ccc(S(=O)(=O)N2CC(CO)(CNC(c3ccccc3)c3ccccc3)C2)cc1. The topological polar surface area (TPSA) is 69.6 Å². The second-order valence-electron chi connectivity index (χ2n) is 8.38. The molecule has 0 spiro atoms. The number of aliphatic hydroxyl groups is 1. The molecule has 0 saturated carbocycles. The third-order valence-corrected chi connectivity index (χ3v) is 7.77. The number of rotatable bonds is 8. The molecule has 162 valence electrons. The Hall–Kier alpha value is -2.51. The minimum absolute atomic E-state index is 0.0337. The lowest BCUT2D eigenvalue weighted by Gasteiger charge is -2.48. The van der Waals surface area contributed by atoms with Crippen LogP contribution in [0.2, 0.25) is 0 Å². The van der Waals surface area contributed by atoms with E-state index in [0.29, 0.717) is 24.5 Å². The van der Waals surface area contributed by atoms with Crippen LogP contribution < -0.4 is 5.32 Å². The monoisotopic (exact) mass is 436 g/mol. The van der Waals surface area contributed by atoms with Gasteiger partial charge < -0.3 is 10.4 Å². The van der Waals surface area contributed by atoms with Crippen molar-refractivity contribution in [2.45, 2.75) is 17.9 Å². The van der Waals surface area contributed by atoms with Crippen LogP contribution in [0.1, 0.15) is 22.7 Å². The zero-order valence-electron chi connectivity index (χ0n) is 17.6. The molecule has 31 heavy (non-hydrogen) atoms. The number of aliphatic hydroxyl groups excluding tert-OH is 1. The number of hydrogen-bond acceptors (Lipinski definition) is 4. The van der Waals surface area contributed by atoms with Crippen LogP contribution in [0.3, 0.4) is 0 Å². The molecule has 0 bridgehead atoms. The van der Waals surface area contributed by atoms with Gasteiger partial charge in [0.15, 0.2) is 0 Å². The zero-order chi connectivity index (χ0) is 21.9. The van der Waals surface area contributed by atoms with Gasteiger partial charge in [-0.1, -0.05) is 78.4 Å². The van der Waals surface area contributed by atoms with E-state index in [1.807, 2.05) is 43.3 Å². The predicted molar refractivity (Wildman–Crippen MR) is 122 cm³/mol. The fraction of sp³-hybridized carbons (Fsp3) is 0.280. The van der Waals surface area contributed by atoms with Gasteiger partial charge in [-0.05, 0) is 30.2 Å². The molecule has 2 N–H and O–H groups in total. The highest BCUT2D eigenvalue weighted by molar-refractivity contribution is 7.89. The summed E-state index contributed by atoms with van der Waals surface area (Å²) in [5.74, 6) is 0. The molecule has 1 fully saturated rings. The molecule has 6 heteroatoms. The molecule has 1 aliphatic heterocycles. The zero-order valence-corrected chi connectivity index (χ0v) is 18.4. The first-order valence-corrected chi connectivity index (χ1v) is 11.9. The predicted octanol–water partition coefficient (Wildman–Crippen LogP) is 3.36. The Morgan fingerprint density at radius 1 is 0.903 bits per heavy atom. The Morgan fingerprint density at radius 2 is 1.42 bits per heavy atom. The van der Waals surface area contributed by atoms with E-state index < -0.39 is 15.4 Å². The van der Waals surface area contributed by atoms with E-state index in [-0.39, 0.29) is 12.6 Å². The smallest absolute Gasteiger partial charge is 0.243 e. The maximum absolute atomic E-state index is 12.9. The number of sulfonamides is 1. The molecule has 5 nitrogen and oxygen atoms in total. The third kappa shape index (κ3) is 4.57. The number of nitrogens with zero attached hydrogens (tertiary/aromatic N) is 1. The summed E-state index contributed by atoms with van der Waals surface area (Å²) in [5, 5.41) is 13.7. The summed E-state index contributed by atoms with van der Waals surface area (Å²) in [5.41, 5.74) is 2.78. The Labute approximate surface area is 184 Å². The van der Waals surface area contributed by atoms with E-state index in [4.69, 9.17) is 0 Å². The van der Waals surface area contributed by atoms with Gasteiger partial charge in [-0.25, -0.2) is 8.42 Å². The summed E-state index contributed by atoms with van der Waals surface area (Å²) in [6.07, 6.45) is 0. The van der Waals surface area contributed by atoms with Gasteiger partial charge in [-0.15, -0.1) is 0 Å². The molecule has 0 radical (unpaired) electrons. The maximum Gasteiger partial charge on any atom is 0.243 e. The lowest BCUT2D eigenvalue weighted by molar-refractivity contribution is 0.00821. The normalized spacial score (nSPS) is 16.2. The number of hydrogen-bond donors (Lipinski definition) is 2. The average molecular weight is 437 g/mol. The minimum Gasteiger partial charge on any atom is -0.396 e. The number of aryl methyl sites for hydroxylation is 1. The first-order valence-electron chi connectivity index (χ1n) is 10.4. The molecule has 4 rings (SSSR count). The van der Waals surface area contributed by atoms with Crippen molar-refractivity contribution in [3.8, 4) is 0 Å². The minimum atomic E-state index is -3.55. The highest BCUT2D eigenvalue weighted by Gasteiger charge is 2.48. The summed E-state index contributed by atoms with van der Waals surface area (Å²) < 4.78 is 27.3. The van der Waals surface area contributed by atoms with Crippen LogP contribution in [-0.4, -0.2) is 44.1 Å². The molecule has 1 heterocycles. The molecule has 0 unspecified atom stereocenters. The molecule has 1 saturated heterocycles. The second kappa shape index (κ2) is 8.93. The molecule has 0 aromatic heterocycles. The van der Waals surface area contributed by atoms with Crippen LogP contribution in [0.25, 0.3) is 0 Å². The van der Waals surface area contributed by atoms with Crippen LogP contribution in [0.5, 0.6) is 0 Å². The molecular formula is C25H28N2O3S. The van der Waals surface area contributed by atoms with Crippen molar-refractivity contribution in [2.24, 2.45) is 5.41 Å². The van der Waals surface area contributed by atoms with Gasteiger partial charge in [0.25, 0.3) is 0 Å². The van der Waals surface area contributed by atoms with Gasteiger partial charge in [-0.2, -0.15) is 4.31 Å².